The normalized spacial score (nSPS) is 21.1. The number of rotatable bonds is 7. The van der Waals surface area contributed by atoms with Crippen molar-refractivity contribution in [2.45, 2.75) is 50.5 Å². The highest BCUT2D eigenvalue weighted by Gasteiger charge is 2.31. The van der Waals surface area contributed by atoms with Crippen LogP contribution in [0, 0.1) is 0 Å². The van der Waals surface area contributed by atoms with Crippen molar-refractivity contribution in [3.8, 4) is 11.5 Å². The molecule has 2 fully saturated rings. The summed E-state index contributed by atoms with van der Waals surface area (Å²) in [6.07, 6.45) is 4.36. The Morgan fingerprint density at radius 3 is 2.66 bits per heavy atom. The van der Waals surface area contributed by atoms with Crippen LogP contribution in [0.2, 0.25) is 5.02 Å². The number of halogens is 1. The topological polar surface area (TPSA) is 112 Å². The average Bonchev–Trinajstić information content (AvgIpc) is 3.31. The van der Waals surface area contributed by atoms with Crippen molar-refractivity contribution in [1.82, 2.24) is 24.4 Å². The maximum absolute atomic E-state index is 11.6. The van der Waals surface area contributed by atoms with E-state index >= 15 is 0 Å². The number of carboxylic acids is 1. The van der Waals surface area contributed by atoms with Crippen molar-refractivity contribution >= 4 is 28.7 Å². The molecule has 1 aromatic carbocycles. The number of carbonyl (C=O) groups is 1. The first kappa shape index (κ1) is 26.2. The van der Waals surface area contributed by atoms with E-state index in [9.17, 15) is 9.90 Å². The number of pyridine rings is 2. The molecule has 10 nitrogen and oxygen atoms in total. The molecule has 0 spiro atoms. The highest BCUT2D eigenvalue weighted by atomic mass is 35.5. The maximum atomic E-state index is 11.6. The van der Waals surface area contributed by atoms with Crippen molar-refractivity contribution in [2.75, 3.05) is 26.3 Å². The van der Waals surface area contributed by atoms with Gasteiger partial charge in [-0.3, -0.25) is 9.88 Å². The van der Waals surface area contributed by atoms with Gasteiger partial charge in [-0.2, -0.15) is 0 Å². The quantitative estimate of drug-likeness (QED) is 0.330. The number of piperidine rings is 1. The van der Waals surface area contributed by atoms with E-state index in [0.29, 0.717) is 41.8 Å². The second-order valence-corrected chi connectivity index (χ2v) is 11.2. The monoisotopic (exact) mass is 575 g/mol. The first-order valence-corrected chi connectivity index (χ1v) is 14.4. The molecule has 7 rings (SSSR count). The van der Waals surface area contributed by atoms with Gasteiger partial charge in [-0.25, -0.2) is 14.8 Å². The molecule has 2 atom stereocenters. The molecule has 1 N–H and O–H groups in total. The van der Waals surface area contributed by atoms with Gasteiger partial charge in [0.25, 0.3) is 0 Å². The SMILES string of the molecule is O=C(O)c1ccc2nc(CN3CCC(c4cccc5c4O[C@@H](c4ccc(Cl)cn4)CO5)CC3)n(C[C@@H]3CCO3)c2n1. The lowest BCUT2D eigenvalue weighted by Gasteiger charge is -2.35. The molecule has 0 amide bonds. The minimum absolute atomic E-state index is 0.0204. The van der Waals surface area contributed by atoms with E-state index in [4.69, 9.17) is 30.8 Å². The number of carboxylic acid groups (broad SMARTS) is 1. The van der Waals surface area contributed by atoms with Crippen LogP contribution in [0.1, 0.15) is 58.9 Å². The minimum atomic E-state index is -1.05. The summed E-state index contributed by atoms with van der Waals surface area (Å²) in [4.78, 5) is 27.7. The number of imidazole rings is 1. The number of aromatic carboxylic acids is 1. The van der Waals surface area contributed by atoms with E-state index < -0.39 is 5.97 Å². The zero-order valence-corrected chi connectivity index (χ0v) is 23.2. The number of aromatic nitrogens is 4. The summed E-state index contributed by atoms with van der Waals surface area (Å²) in [6.45, 7) is 4.23. The molecule has 3 aliphatic heterocycles. The molecular weight excluding hydrogens is 546 g/mol. The molecule has 3 aliphatic rings. The largest absolute Gasteiger partial charge is 0.485 e. The predicted molar refractivity (Wildman–Crippen MR) is 151 cm³/mol. The number of fused-ring (bicyclic) bond motifs is 2. The first-order valence-electron chi connectivity index (χ1n) is 14.0. The summed E-state index contributed by atoms with van der Waals surface area (Å²) < 4.78 is 20.3. The van der Waals surface area contributed by atoms with Gasteiger partial charge in [-0.15, -0.1) is 0 Å². The second-order valence-electron chi connectivity index (χ2n) is 10.8. The Kier molecular flexibility index (Phi) is 6.98. The average molecular weight is 576 g/mol. The molecule has 0 bridgehead atoms. The van der Waals surface area contributed by atoms with Crippen LogP contribution >= 0.6 is 11.6 Å². The number of hydrogen-bond donors (Lipinski definition) is 1. The van der Waals surface area contributed by atoms with E-state index in [2.05, 4.69) is 20.9 Å². The van der Waals surface area contributed by atoms with Crippen molar-refractivity contribution in [3.63, 3.8) is 0 Å². The molecule has 212 valence electrons. The maximum Gasteiger partial charge on any atom is 0.354 e. The summed E-state index contributed by atoms with van der Waals surface area (Å²) in [5.74, 6) is 1.76. The number of ether oxygens (including phenoxy) is 3. The lowest BCUT2D eigenvalue weighted by atomic mass is 9.88. The fourth-order valence-electron chi connectivity index (χ4n) is 5.87. The van der Waals surface area contributed by atoms with Crippen LogP contribution in [0.25, 0.3) is 11.2 Å². The van der Waals surface area contributed by atoms with Crippen molar-refractivity contribution in [1.29, 1.82) is 0 Å². The summed E-state index contributed by atoms with van der Waals surface area (Å²) in [7, 11) is 0. The first-order chi connectivity index (χ1) is 20.0. The molecule has 0 saturated carbocycles. The van der Waals surface area contributed by atoms with E-state index in [1.54, 1.807) is 12.3 Å². The molecule has 41 heavy (non-hydrogen) atoms. The summed E-state index contributed by atoms with van der Waals surface area (Å²) in [5, 5.41) is 10.1. The number of para-hydroxylation sites is 1. The van der Waals surface area contributed by atoms with Gasteiger partial charge in [0.1, 0.15) is 17.9 Å². The zero-order chi connectivity index (χ0) is 27.9. The third kappa shape index (κ3) is 5.23. The number of benzene rings is 1. The molecule has 4 aromatic rings. The lowest BCUT2D eigenvalue weighted by molar-refractivity contribution is -0.0593. The Bertz CT molecular complexity index is 1580. The highest BCUT2D eigenvalue weighted by molar-refractivity contribution is 6.30. The molecule has 2 saturated heterocycles. The Morgan fingerprint density at radius 1 is 1.07 bits per heavy atom. The van der Waals surface area contributed by atoms with Crippen LogP contribution in [0.4, 0.5) is 0 Å². The van der Waals surface area contributed by atoms with Gasteiger partial charge in [0.15, 0.2) is 28.9 Å². The van der Waals surface area contributed by atoms with Gasteiger partial charge in [-0.05, 0) is 68.6 Å². The van der Waals surface area contributed by atoms with Gasteiger partial charge >= 0.3 is 5.97 Å². The van der Waals surface area contributed by atoms with E-state index in [-0.39, 0.29) is 17.9 Å². The van der Waals surface area contributed by atoms with Crippen LogP contribution in [-0.2, 0) is 17.8 Å². The number of likely N-dealkylation sites (tertiary alicyclic amines) is 1. The summed E-state index contributed by atoms with van der Waals surface area (Å²) in [5.41, 5.74) is 3.29. The second kappa shape index (κ2) is 10.9. The number of nitrogens with zero attached hydrogens (tertiary/aromatic N) is 5. The Balaban J connectivity index is 1.07. The fourth-order valence-corrected chi connectivity index (χ4v) is 5.99. The molecule has 0 radical (unpaired) electrons. The molecule has 0 aliphatic carbocycles. The van der Waals surface area contributed by atoms with Gasteiger partial charge in [0, 0.05) is 18.4 Å². The standard InChI is InChI=1S/C30H30ClN5O5/c31-19-4-5-22(32-14-19)26-17-40-25-3-1-2-21(28(25)41-26)18-8-11-35(12-9-18)16-27-33-23-6-7-24(30(37)38)34-29(23)36(27)15-20-10-13-39-20/h1-7,14,18,20,26H,8-13,15-17H2,(H,37,38)/t20-,26+/m0/s1. The Labute approximate surface area is 241 Å². The van der Waals surface area contributed by atoms with E-state index in [0.717, 1.165) is 62.0 Å². The fraction of sp³-hybridized carbons (Fsp3) is 0.400. The predicted octanol–water partition coefficient (Wildman–Crippen LogP) is 4.86. The van der Waals surface area contributed by atoms with Crippen LogP contribution in [0.3, 0.4) is 0 Å². The Morgan fingerprint density at radius 2 is 1.93 bits per heavy atom. The highest BCUT2D eigenvalue weighted by Crippen LogP contribution is 2.44. The zero-order valence-electron chi connectivity index (χ0n) is 22.4. The minimum Gasteiger partial charge on any atom is -0.485 e. The smallest absolute Gasteiger partial charge is 0.354 e. The van der Waals surface area contributed by atoms with Crippen molar-refractivity contribution in [3.05, 3.63) is 76.5 Å². The molecular formula is C30H30ClN5O5. The third-order valence-corrected chi connectivity index (χ3v) is 8.43. The van der Waals surface area contributed by atoms with Crippen molar-refractivity contribution < 1.29 is 24.1 Å². The van der Waals surface area contributed by atoms with Crippen LogP contribution in [0.15, 0.2) is 48.7 Å². The van der Waals surface area contributed by atoms with Gasteiger partial charge in [0.2, 0.25) is 0 Å². The third-order valence-electron chi connectivity index (χ3n) is 8.20. The van der Waals surface area contributed by atoms with Gasteiger partial charge in [0.05, 0.1) is 29.9 Å². The lowest BCUT2D eigenvalue weighted by Crippen LogP contribution is -2.35. The molecule has 3 aromatic heterocycles. The van der Waals surface area contributed by atoms with E-state index in [1.807, 2.05) is 28.8 Å². The molecule has 11 heteroatoms. The van der Waals surface area contributed by atoms with Crippen LogP contribution < -0.4 is 9.47 Å². The van der Waals surface area contributed by atoms with Gasteiger partial charge in [-0.1, -0.05) is 23.7 Å². The van der Waals surface area contributed by atoms with Gasteiger partial charge < -0.3 is 23.9 Å². The molecule has 0 unspecified atom stereocenters. The van der Waals surface area contributed by atoms with Crippen LogP contribution in [-0.4, -0.2) is 67.9 Å². The van der Waals surface area contributed by atoms with E-state index in [1.165, 1.54) is 11.6 Å². The molecule has 6 heterocycles. The summed E-state index contributed by atoms with van der Waals surface area (Å²) in [6, 6.07) is 13.1. The van der Waals surface area contributed by atoms with Crippen molar-refractivity contribution in [2.24, 2.45) is 0 Å². The summed E-state index contributed by atoms with van der Waals surface area (Å²) >= 11 is 6.03. The number of hydrogen-bond acceptors (Lipinski definition) is 8. The van der Waals surface area contributed by atoms with Crippen LogP contribution in [0.5, 0.6) is 11.5 Å². The Hall–Kier alpha value is -3.73.